The number of hydrogen-bond acceptors (Lipinski definition) is 8. The van der Waals surface area contributed by atoms with Crippen molar-refractivity contribution in [3.63, 3.8) is 0 Å². The van der Waals surface area contributed by atoms with Gasteiger partial charge in [0.15, 0.2) is 17.6 Å². The van der Waals surface area contributed by atoms with Gasteiger partial charge in [-0.15, -0.1) is 0 Å². The molecule has 4 rings (SSSR count). The van der Waals surface area contributed by atoms with E-state index in [1.807, 2.05) is 51.1 Å². The Balaban J connectivity index is 0.00000167. The van der Waals surface area contributed by atoms with E-state index in [0.717, 1.165) is 11.1 Å². The zero-order chi connectivity index (χ0) is 25.2. The number of nitrogens with one attached hydrogen (secondary N) is 2. The van der Waals surface area contributed by atoms with Crippen LogP contribution >= 0.6 is 12.1 Å². The van der Waals surface area contributed by atoms with Gasteiger partial charge in [0.05, 0.1) is 11.6 Å². The third-order valence-corrected chi connectivity index (χ3v) is 5.82. The first-order valence-corrected chi connectivity index (χ1v) is 12.1. The first-order valence-electron chi connectivity index (χ1n) is 11.3. The van der Waals surface area contributed by atoms with Gasteiger partial charge in [0.2, 0.25) is 11.8 Å². The smallest absolute Gasteiger partial charge is 0.232 e. The average Bonchev–Trinajstić information content (AvgIpc) is 3.31. The predicted octanol–water partition coefficient (Wildman–Crippen LogP) is 4.89. The van der Waals surface area contributed by atoms with Crippen LogP contribution in [-0.2, 0) is 9.53 Å². The van der Waals surface area contributed by atoms with Crippen LogP contribution in [0.3, 0.4) is 0 Å². The van der Waals surface area contributed by atoms with E-state index in [-0.39, 0.29) is 18.1 Å². The molecule has 8 nitrogen and oxygen atoms in total. The molecule has 0 radical (unpaired) electrons. The number of ether oxygens (including phenoxy) is 3. The molecule has 9 heteroatoms. The molecule has 182 valence electrons. The zero-order valence-electron chi connectivity index (χ0n) is 19.9. The van der Waals surface area contributed by atoms with E-state index in [0.29, 0.717) is 41.7 Å². The fourth-order valence-electron chi connectivity index (χ4n) is 3.42. The average molecular weight is 493 g/mol. The molecule has 2 unspecified atom stereocenters. The molecular formula is C26H28N4O4S. The van der Waals surface area contributed by atoms with Gasteiger partial charge in [0.1, 0.15) is 18.4 Å². The van der Waals surface area contributed by atoms with Crippen molar-refractivity contribution in [2.45, 2.75) is 39.3 Å². The Bertz CT molecular complexity index is 1140. The van der Waals surface area contributed by atoms with Crippen molar-refractivity contribution in [1.82, 2.24) is 14.4 Å². The van der Waals surface area contributed by atoms with Crippen molar-refractivity contribution < 1.29 is 19.0 Å². The van der Waals surface area contributed by atoms with Gasteiger partial charge in [-0.05, 0) is 36.8 Å². The first kappa shape index (κ1) is 25.9. The van der Waals surface area contributed by atoms with E-state index in [9.17, 15) is 4.79 Å². The summed E-state index contributed by atoms with van der Waals surface area (Å²) in [6.45, 7) is 10.1. The maximum absolute atomic E-state index is 11.6. The van der Waals surface area contributed by atoms with Crippen LogP contribution in [0.5, 0.6) is 11.6 Å². The third-order valence-electron chi connectivity index (χ3n) is 5.09. The quantitative estimate of drug-likeness (QED) is 0.416. The van der Waals surface area contributed by atoms with Crippen LogP contribution < -0.4 is 18.9 Å². The molecule has 0 spiro atoms. The number of rotatable bonds is 7. The molecule has 1 aromatic heterocycles. The maximum atomic E-state index is 11.6. The Morgan fingerprint density at radius 3 is 2.66 bits per heavy atom. The number of amides is 1. The van der Waals surface area contributed by atoms with Gasteiger partial charge in [-0.1, -0.05) is 38.6 Å². The van der Waals surface area contributed by atoms with Gasteiger partial charge >= 0.3 is 0 Å². The molecule has 1 saturated heterocycles. The summed E-state index contributed by atoms with van der Waals surface area (Å²) < 4.78 is 23.8. The summed E-state index contributed by atoms with van der Waals surface area (Å²) in [7, 11) is 0. The SMILES string of the molecule is C=CC1=C(/C(=C\C)Oc2ccc(C#N)cn2)OCC1Oc1ccc(C2CC(=O)NSN2)cc1.CC. The Hall–Kier alpha value is -3.74. The summed E-state index contributed by atoms with van der Waals surface area (Å²) >= 11 is 1.20. The Morgan fingerprint density at radius 1 is 1.29 bits per heavy atom. The number of pyridine rings is 1. The van der Waals surface area contributed by atoms with Crippen LogP contribution in [0, 0.1) is 11.3 Å². The van der Waals surface area contributed by atoms with E-state index in [4.69, 9.17) is 19.5 Å². The van der Waals surface area contributed by atoms with Crippen LogP contribution in [-0.4, -0.2) is 23.6 Å². The Morgan fingerprint density at radius 2 is 2.06 bits per heavy atom. The molecule has 2 aromatic rings. The number of aromatic nitrogens is 1. The van der Waals surface area contributed by atoms with Crippen LogP contribution in [0.2, 0.25) is 0 Å². The van der Waals surface area contributed by atoms with Crippen molar-refractivity contribution in [2.24, 2.45) is 0 Å². The summed E-state index contributed by atoms with van der Waals surface area (Å²) in [5, 5.41) is 8.92. The number of benzene rings is 1. The van der Waals surface area contributed by atoms with Gasteiger partial charge in [-0.25, -0.2) is 9.71 Å². The lowest BCUT2D eigenvalue weighted by atomic mass is 10.0. The lowest BCUT2D eigenvalue weighted by Gasteiger charge is -2.23. The minimum atomic E-state index is -0.357. The van der Waals surface area contributed by atoms with E-state index in [1.54, 1.807) is 24.3 Å². The molecule has 0 bridgehead atoms. The number of carbonyl (C=O) groups excluding carboxylic acids is 1. The minimum absolute atomic E-state index is 0.00122. The van der Waals surface area contributed by atoms with Crippen LogP contribution in [0.4, 0.5) is 0 Å². The van der Waals surface area contributed by atoms with E-state index in [1.165, 1.54) is 18.3 Å². The second-order valence-electron chi connectivity index (χ2n) is 7.23. The molecule has 2 aliphatic heterocycles. The molecule has 1 amide bonds. The van der Waals surface area contributed by atoms with E-state index in [2.05, 4.69) is 21.0 Å². The highest BCUT2D eigenvalue weighted by atomic mass is 32.2. The van der Waals surface area contributed by atoms with E-state index >= 15 is 0 Å². The molecule has 2 N–H and O–H groups in total. The van der Waals surface area contributed by atoms with Gasteiger partial charge in [0, 0.05) is 36.4 Å². The molecule has 2 atom stereocenters. The molecule has 1 fully saturated rings. The van der Waals surface area contributed by atoms with Crippen LogP contribution in [0.25, 0.3) is 0 Å². The van der Waals surface area contributed by atoms with Gasteiger partial charge in [-0.3, -0.25) is 9.52 Å². The summed E-state index contributed by atoms with van der Waals surface area (Å²) in [6, 6.07) is 12.9. The molecule has 0 saturated carbocycles. The number of allylic oxidation sites excluding steroid dienone is 1. The lowest BCUT2D eigenvalue weighted by molar-refractivity contribution is -0.120. The standard InChI is InChI=1S/C24H22N4O4S.C2H6/c1-3-18-21(31-17-8-6-16(7-9-17)19-11-22(29)28-33-27-19)14-30-24(18)20(4-2)32-23-10-5-15(12-25)13-26-23;1-2/h3-10,13,19,21,27H,1,11,14H2,2H3,(H,28,29);1-2H3/b20-4+;. The molecule has 2 aliphatic rings. The third kappa shape index (κ3) is 6.44. The zero-order valence-corrected chi connectivity index (χ0v) is 20.7. The monoisotopic (exact) mass is 492 g/mol. The first-order chi connectivity index (χ1) is 17.1. The van der Waals surface area contributed by atoms with E-state index < -0.39 is 0 Å². The number of carbonyl (C=O) groups is 1. The molecule has 3 heterocycles. The highest BCUT2D eigenvalue weighted by molar-refractivity contribution is 7.96. The lowest BCUT2D eigenvalue weighted by Crippen LogP contribution is -2.33. The van der Waals surface area contributed by atoms with Crippen LogP contribution in [0.1, 0.15) is 44.4 Å². The topological polar surface area (TPSA) is 106 Å². The maximum Gasteiger partial charge on any atom is 0.232 e. The van der Waals surface area contributed by atoms with Gasteiger partial charge in [0.25, 0.3) is 0 Å². The Kier molecular flexibility index (Phi) is 9.35. The van der Waals surface area contributed by atoms with Crippen molar-refractivity contribution in [3.8, 4) is 17.7 Å². The minimum Gasteiger partial charge on any atom is -0.485 e. The number of hydrogen-bond donors (Lipinski definition) is 2. The van der Waals surface area contributed by atoms with Crippen molar-refractivity contribution in [3.05, 3.63) is 89.5 Å². The summed E-state index contributed by atoms with van der Waals surface area (Å²) in [5.74, 6) is 2.05. The predicted molar refractivity (Wildman–Crippen MR) is 135 cm³/mol. The number of nitriles is 1. The molecular weight excluding hydrogens is 464 g/mol. The Labute approximate surface area is 209 Å². The largest absolute Gasteiger partial charge is 0.485 e. The van der Waals surface area contributed by atoms with Crippen molar-refractivity contribution >= 4 is 18.0 Å². The van der Waals surface area contributed by atoms with Gasteiger partial charge < -0.3 is 14.2 Å². The van der Waals surface area contributed by atoms with Gasteiger partial charge in [-0.2, -0.15) is 5.26 Å². The fourth-order valence-corrected chi connectivity index (χ4v) is 4.04. The summed E-state index contributed by atoms with van der Waals surface area (Å²) in [5.41, 5.74) is 2.23. The highest BCUT2D eigenvalue weighted by Gasteiger charge is 2.30. The molecule has 0 aliphatic carbocycles. The summed E-state index contributed by atoms with van der Waals surface area (Å²) in [6.07, 6.45) is 4.95. The second kappa shape index (κ2) is 12.6. The van der Waals surface area contributed by atoms with Crippen molar-refractivity contribution in [1.29, 1.82) is 5.26 Å². The fraction of sp³-hybridized carbons (Fsp3) is 0.269. The van der Waals surface area contributed by atoms with Crippen LogP contribution in [0.15, 0.2) is 78.4 Å². The molecule has 35 heavy (non-hydrogen) atoms. The highest BCUT2D eigenvalue weighted by Crippen LogP contribution is 2.32. The normalized spacial score (nSPS) is 19.5. The molecule has 1 aromatic carbocycles. The second-order valence-corrected chi connectivity index (χ2v) is 7.87. The number of nitrogens with zero attached hydrogens (tertiary/aromatic N) is 2. The van der Waals surface area contributed by atoms with Crippen molar-refractivity contribution in [2.75, 3.05) is 6.61 Å². The summed E-state index contributed by atoms with van der Waals surface area (Å²) in [4.78, 5) is 15.8.